The zero-order chi connectivity index (χ0) is 12.7. The van der Waals surface area contributed by atoms with Gasteiger partial charge in [0.25, 0.3) is 0 Å². The van der Waals surface area contributed by atoms with E-state index in [0.29, 0.717) is 25.3 Å². The van der Waals surface area contributed by atoms with Crippen molar-refractivity contribution >= 4 is 15.9 Å². The van der Waals surface area contributed by atoms with Crippen LogP contribution in [0, 0.1) is 5.92 Å². The lowest BCUT2D eigenvalue weighted by molar-refractivity contribution is -0.121. The summed E-state index contributed by atoms with van der Waals surface area (Å²) >= 11 is 0. The second-order valence-corrected chi connectivity index (χ2v) is 6.20. The molecule has 0 saturated carbocycles. The molecule has 1 heterocycles. The number of hydrogen-bond acceptors (Lipinski definition) is 4. The minimum absolute atomic E-state index is 0.00804. The van der Waals surface area contributed by atoms with E-state index in [9.17, 15) is 13.2 Å². The molecule has 1 fully saturated rings. The predicted octanol–water partition coefficient (Wildman–Crippen LogP) is -0.829. The molecule has 0 spiro atoms. The largest absolute Gasteiger partial charge is 0.356 e. The lowest BCUT2D eigenvalue weighted by Crippen LogP contribution is -2.27. The molecule has 1 atom stereocenters. The number of nitrogens with two attached hydrogens (primary N) is 1. The first kappa shape index (κ1) is 14.4. The number of carbonyl (C=O) groups excluding carboxylic acids is 1. The Hall–Kier alpha value is -0.660. The number of primary sulfonamides is 1. The van der Waals surface area contributed by atoms with Crippen molar-refractivity contribution in [3.63, 3.8) is 0 Å². The molecule has 7 heteroatoms. The van der Waals surface area contributed by atoms with Gasteiger partial charge in [-0.25, -0.2) is 13.6 Å². The molecular formula is C10H21N3O3S. The Labute approximate surface area is 102 Å². The molecule has 0 radical (unpaired) electrons. The average molecular weight is 263 g/mol. The molecule has 6 nitrogen and oxygen atoms in total. The molecule has 0 aromatic heterocycles. The van der Waals surface area contributed by atoms with Gasteiger partial charge in [0, 0.05) is 13.0 Å². The van der Waals surface area contributed by atoms with E-state index in [1.807, 2.05) is 0 Å². The summed E-state index contributed by atoms with van der Waals surface area (Å²) in [6.45, 7) is 2.41. The maximum absolute atomic E-state index is 11.4. The number of carbonyl (C=O) groups is 1. The van der Waals surface area contributed by atoms with E-state index in [0.717, 1.165) is 25.9 Å². The molecule has 100 valence electrons. The maximum Gasteiger partial charge on any atom is 0.220 e. The predicted molar refractivity (Wildman–Crippen MR) is 65.8 cm³/mol. The van der Waals surface area contributed by atoms with E-state index in [-0.39, 0.29) is 11.7 Å². The summed E-state index contributed by atoms with van der Waals surface area (Å²) in [5.41, 5.74) is 0. The van der Waals surface area contributed by atoms with Crippen LogP contribution < -0.4 is 15.8 Å². The van der Waals surface area contributed by atoms with E-state index in [1.54, 1.807) is 0 Å². The Morgan fingerprint density at radius 3 is 2.82 bits per heavy atom. The van der Waals surface area contributed by atoms with Crippen molar-refractivity contribution in [2.24, 2.45) is 11.1 Å². The first-order valence-electron chi connectivity index (χ1n) is 5.95. The number of sulfonamides is 1. The molecule has 1 saturated heterocycles. The molecule has 0 bridgehead atoms. The van der Waals surface area contributed by atoms with Gasteiger partial charge in [-0.05, 0) is 38.3 Å². The van der Waals surface area contributed by atoms with Crippen LogP contribution >= 0.6 is 0 Å². The highest BCUT2D eigenvalue weighted by Gasteiger charge is 2.15. The van der Waals surface area contributed by atoms with Gasteiger partial charge in [-0.15, -0.1) is 0 Å². The Balaban J connectivity index is 2.01. The quantitative estimate of drug-likeness (QED) is 0.522. The zero-order valence-corrected chi connectivity index (χ0v) is 10.8. The first-order valence-corrected chi connectivity index (χ1v) is 7.67. The summed E-state index contributed by atoms with van der Waals surface area (Å²) < 4.78 is 21.3. The van der Waals surface area contributed by atoms with Crippen LogP contribution in [-0.4, -0.2) is 39.7 Å². The Kier molecular flexibility index (Phi) is 5.87. The van der Waals surface area contributed by atoms with Gasteiger partial charge < -0.3 is 10.6 Å². The van der Waals surface area contributed by atoms with Gasteiger partial charge in [-0.2, -0.15) is 0 Å². The van der Waals surface area contributed by atoms with Crippen molar-refractivity contribution in [2.45, 2.75) is 25.7 Å². The van der Waals surface area contributed by atoms with Crippen LogP contribution in [0.5, 0.6) is 0 Å². The highest BCUT2D eigenvalue weighted by molar-refractivity contribution is 7.89. The SMILES string of the molecule is NS(=O)(=O)CCCNC(=O)CCC1CCNC1. The maximum atomic E-state index is 11.4. The van der Waals surface area contributed by atoms with Crippen LogP contribution in [0.1, 0.15) is 25.7 Å². The van der Waals surface area contributed by atoms with Crippen LogP contribution in [-0.2, 0) is 14.8 Å². The third-order valence-corrected chi connectivity index (χ3v) is 3.73. The molecule has 0 aliphatic carbocycles. The van der Waals surface area contributed by atoms with Crippen molar-refractivity contribution in [1.82, 2.24) is 10.6 Å². The fourth-order valence-electron chi connectivity index (χ4n) is 1.89. The Morgan fingerprint density at radius 2 is 2.24 bits per heavy atom. The molecule has 1 aliphatic rings. The summed E-state index contributed by atoms with van der Waals surface area (Å²) in [6, 6.07) is 0. The zero-order valence-electron chi connectivity index (χ0n) is 9.94. The lowest BCUT2D eigenvalue weighted by Gasteiger charge is -2.08. The molecule has 0 aromatic carbocycles. The van der Waals surface area contributed by atoms with Crippen molar-refractivity contribution in [3.8, 4) is 0 Å². The first-order chi connectivity index (χ1) is 7.97. The van der Waals surface area contributed by atoms with E-state index < -0.39 is 10.0 Å². The highest BCUT2D eigenvalue weighted by atomic mass is 32.2. The van der Waals surface area contributed by atoms with Crippen molar-refractivity contribution < 1.29 is 13.2 Å². The lowest BCUT2D eigenvalue weighted by atomic mass is 10.0. The van der Waals surface area contributed by atoms with Gasteiger partial charge in [0.2, 0.25) is 15.9 Å². The van der Waals surface area contributed by atoms with Gasteiger partial charge in [0.15, 0.2) is 0 Å². The molecule has 1 rings (SSSR count). The molecule has 1 unspecified atom stereocenters. The van der Waals surface area contributed by atoms with E-state index in [2.05, 4.69) is 10.6 Å². The second-order valence-electron chi connectivity index (χ2n) is 4.47. The average Bonchev–Trinajstić information content (AvgIpc) is 2.73. The highest BCUT2D eigenvalue weighted by Crippen LogP contribution is 2.13. The number of nitrogens with one attached hydrogen (secondary N) is 2. The number of rotatable bonds is 7. The van der Waals surface area contributed by atoms with Gasteiger partial charge in [0.05, 0.1) is 5.75 Å². The minimum atomic E-state index is -3.41. The molecule has 1 amide bonds. The second kappa shape index (κ2) is 6.93. The summed E-state index contributed by atoms with van der Waals surface area (Å²) in [5.74, 6) is 0.510. The van der Waals surface area contributed by atoms with Crippen molar-refractivity contribution in [3.05, 3.63) is 0 Å². The Bertz CT molecular complexity index is 337. The number of hydrogen-bond donors (Lipinski definition) is 3. The third kappa shape index (κ3) is 7.30. The summed E-state index contributed by atoms with van der Waals surface area (Å²) in [7, 11) is -3.41. The normalized spacial score (nSPS) is 20.4. The van der Waals surface area contributed by atoms with E-state index >= 15 is 0 Å². The van der Waals surface area contributed by atoms with Crippen LogP contribution in [0.4, 0.5) is 0 Å². The fraction of sp³-hybridized carbons (Fsp3) is 0.900. The standard InChI is InChI=1S/C10H21N3O3S/c11-17(15,16)7-1-5-13-10(14)3-2-9-4-6-12-8-9/h9,12H,1-8H2,(H,13,14)(H2,11,15,16). The smallest absolute Gasteiger partial charge is 0.220 e. The molecule has 1 aliphatic heterocycles. The molecule has 0 aromatic rings. The van der Waals surface area contributed by atoms with Gasteiger partial charge in [-0.3, -0.25) is 4.79 Å². The van der Waals surface area contributed by atoms with Gasteiger partial charge in [-0.1, -0.05) is 0 Å². The topological polar surface area (TPSA) is 101 Å². The molecule has 17 heavy (non-hydrogen) atoms. The molecular weight excluding hydrogens is 242 g/mol. The minimum Gasteiger partial charge on any atom is -0.356 e. The molecule has 4 N–H and O–H groups in total. The monoisotopic (exact) mass is 263 g/mol. The van der Waals surface area contributed by atoms with E-state index in [4.69, 9.17) is 5.14 Å². The Morgan fingerprint density at radius 1 is 1.47 bits per heavy atom. The fourth-order valence-corrected chi connectivity index (χ4v) is 2.43. The summed E-state index contributed by atoms with van der Waals surface area (Å²) in [6.07, 6.45) is 2.92. The van der Waals surface area contributed by atoms with Gasteiger partial charge >= 0.3 is 0 Å². The van der Waals surface area contributed by atoms with Gasteiger partial charge in [0.1, 0.15) is 0 Å². The van der Waals surface area contributed by atoms with Crippen molar-refractivity contribution in [1.29, 1.82) is 0 Å². The summed E-state index contributed by atoms with van der Waals surface area (Å²) in [4.78, 5) is 11.4. The van der Waals surface area contributed by atoms with Crippen LogP contribution in [0.25, 0.3) is 0 Å². The number of amides is 1. The van der Waals surface area contributed by atoms with E-state index in [1.165, 1.54) is 0 Å². The third-order valence-electron chi connectivity index (χ3n) is 2.87. The van der Waals surface area contributed by atoms with Crippen LogP contribution in [0.3, 0.4) is 0 Å². The van der Waals surface area contributed by atoms with Crippen molar-refractivity contribution in [2.75, 3.05) is 25.4 Å². The van der Waals surface area contributed by atoms with Crippen LogP contribution in [0.15, 0.2) is 0 Å². The summed E-state index contributed by atoms with van der Waals surface area (Å²) in [5, 5.41) is 10.8. The van der Waals surface area contributed by atoms with Crippen LogP contribution in [0.2, 0.25) is 0 Å².